The SMILES string of the molecule is CCCOCCSc1cccc(CNCC(C)C)c1. The highest BCUT2D eigenvalue weighted by Gasteiger charge is 1.98. The highest BCUT2D eigenvalue weighted by atomic mass is 32.2. The van der Waals surface area contributed by atoms with Crippen molar-refractivity contribution in [3.05, 3.63) is 29.8 Å². The molecule has 0 aliphatic heterocycles. The topological polar surface area (TPSA) is 21.3 Å². The van der Waals surface area contributed by atoms with Crippen LogP contribution in [-0.2, 0) is 11.3 Å². The first-order valence-electron chi connectivity index (χ1n) is 7.22. The summed E-state index contributed by atoms with van der Waals surface area (Å²) in [6.07, 6.45) is 1.10. The molecule has 0 amide bonds. The van der Waals surface area contributed by atoms with Gasteiger partial charge in [-0.25, -0.2) is 0 Å². The van der Waals surface area contributed by atoms with Gasteiger partial charge in [0, 0.05) is 23.8 Å². The smallest absolute Gasteiger partial charge is 0.0560 e. The number of hydrogen-bond donors (Lipinski definition) is 1. The third-order valence-electron chi connectivity index (χ3n) is 2.63. The molecule has 19 heavy (non-hydrogen) atoms. The lowest BCUT2D eigenvalue weighted by Gasteiger charge is -2.09. The van der Waals surface area contributed by atoms with Gasteiger partial charge in [0.15, 0.2) is 0 Å². The van der Waals surface area contributed by atoms with Gasteiger partial charge in [0.1, 0.15) is 0 Å². The van der Waals surface area contributed by atoms with Crippen molar-refractivity contribution in [2.24, 2.45) is 5.92 Å². The van der Waals surface area contributed by atoms with Crippen LogP contribution in [0.3, 0.4) is 0 Å². The van der Waals surface area contributed by atoms with E-state index in [-0.39, 0.29) is 0 Å². The van der Waals surface area contributed by atoms with Crippen LogP contribution >= 0.6 is 11.8 Å². The van der Waals surface area contributed by atoms with Gasteiger partial charge in [0.25, 0.3) is 0 Å². The van der Waals surface area contributed by atoms with E-state index in [9.17, 15) is 0 Å². The predicted octanol–water partition coefficient (Wildman–Crippen LogP) is 3.95. The maximum atomic E-state index is 5.49. The molecule has 0 saturated heterocycles. The molecule has 0 heterocycles. The van der Waals surface area contributed by atoms with Crippen molar-refractivity contribution in [1.29, 1.82) is 0 Å². The zero-order valence-electron chi connectivity index (χ0n) is 12.4. The number of benzene rings is 1. The van der Waals surface area contributed by atoms with Crippen molar-refractivity contribution >= 4 is 11.8 Å². The largest absolute Gasteiger partial charge is 0.381 e. The van der Waals surface area contributed by atoms with Crippen LogP contribution in [0.15, 0.2) is 29.2 Å². The second kappa shape index (κ2) is 10.3. The molecule has 0 spiro atoms. The Labute approximate surface area is 122 Å². The molecule has 0 aromatic heterocycles. The summed E-state index contributed by atoms with van der Waals surface area (Å²) in [4.78, 5) is 1.34. The Morgan fingerprint density at radius 3 is 2.84 bits per heavy atom. The van der Waals surface area contributed by atoms with Gasteiger partial charge in [-0.15, -0.1) is 11.8 Å². The van der Waals surface area contributed by atoms with Gasteiger partial charge in [-0.2, -0.15) is 0 Å². The standard InChI is InChI=1S/C16H27NOS/c1-4-8-18-9-10-19-16-7-5-6-15(11-16)13-17-12-14(2)3/h5-7,11,14,17H,4,8-10,12-13H2,1-3H3. The van der Waals surface area contributed by atoms with Crippen molar-refractivity contribution in [2.75, 3.05) is 25.5 Å². The van der Waals surface area contributed by atoms with Crippen molar-refractivity contribution in [2.45, 2.75) is 38.6 Å². The van der Waals surface area contributed by atoms with Crippen molar-refractivity contribution in [3.8, 4) is 0 Å². The summed E-state index contributed by atoms with van der Waals surface area (Å²) in [5, 5.41) is 3.48. The average Bonchev–Trinajstić information content (AvgIpc) is 2.39. The first-order chi connectivity index (χ1) is 9.22. The molecule has 0 bridgehead atoms. The predicted molar refractivity (Wildman–Crippen MR) is 84.8 cm³/mol. The van der Waals surface area contributed by atoms with Crippen LogP contribution in [-0.4, -0.2) is 25.5 Å². The Balaban J connectivity index is 2.27. The molecule has 0 saturated carbocycles. The third kappa shape index (κ3) is 8.30. The summed E-state index contributed by atoms with van der Waals surface area (Å²) in [6, 6.07) is 8.78. The zero-order chi connectivity index (χ0) is 13.9. The van der Waals surface area contributed by atoms with Crippen LogP contribution < -0.4 is 5.32 Å². The summed E-state index contributed by atoms with van der Waals surface area (Å²) in [5.74, 6) is 1.73. The van der Waals surface area contributed by atoms with Gasteiger partial charge in [0.05, 0.1) is 6.61 Å². The van der Waals surface area contributed by atoms with Gasteiger partial charge < -0.3 is 10.1 Å². The number of thioether (sulfide) groups is 1. The molecule has 0 aliphatic carbocycles. The third-order valence-corrected chi connectivity index (χ3v) is 3.58. The Morgan fingerprint density at radius 2 is 2.11 bits per heavy atom. The minimum atomic E-state index is 0.702. The fraction of sp³-hybridized carbons (Fsp3) is 0.625. The van der Waals surface area contributed by atoms with E-state index < -0.39 is 0 Å². The lowest BCUT2D eigenvalue weighted by molar-refractivity contribution is 0.151. The minimum Gasteiger partial charge on any atom is -0.381 e. The Morgan fingerprint density at radius 1 is 1.26 bits per heavy atom. The summed E-state index contributed by atoms with van der Waals surface area (Å²) >= 11 is 1.87. The van der Waals surface area contributed by atoms with E-state index in [1.807, 2.05) is 11.8 Å². The molecule has 1 aromatic rings. The monoisotopic (exact) mass is 281 g/mol. The molecule has 0 unspecified atom stereocenters. The zero-order valence-corrected chi connectivity index (χ0v) is 13.3. The van der Waals surface area contributed by atoms with Gasteiger partial charge in [-0.05, 0) is 36.6 Å². The molecule has 0 aliphatic rings. The van der Waals surface area contributed by atoms with Gasteiger partial charge in [-0.3, -0.25) is 0 Å². The van der Waals surface area contributed by atoms with Crippen LogP contribution in [0.5, 0.6) is 0 Å². The molecular weight excluding hydrogens is 254 g/mol. The van der Waals surface area contributed by atoms with Crippen molar-refractivity contribution in [3.63, 3.8) is 0 Å². The number of rotatable bonds is 10. The van der Waals surface area contributed by atoms with Gasteiger partial charge in [0.2, 0.25) is 0 Å². The maximum absolute atomic E-state index is 5.49. The first kappa shape index (κ1) is 16.5. The summed E-state index contributed by atoms with van der Waals surface area (Å²) in [6.45, 7) is 10.3. The molecule has 1 rings (SSSR count). The normalized spacial score (nSPS) is 11.2. The van der Waals surface area contributed by atoms with Crippen LogP contribution in [0, 0.1) is 5.92 Å². The second-order valence-electron chi connectivity index (χ2n) is 5.13. The lowest BCUT2D eigenvalue weighted by atomic mass is 10.2. The molecule has 0 atom stereocenters. The number of hydrogen-bond acceptors (Lipinski definition) is 3. The van der Waals surface area contributed by atoms with E-state index in [1.165, 1.54) is 10.5 Å². The van der Waals surface area contributed by atoms with Crippen LogP contribution in [0.2, 0.25) is 0 Å². The van der Waals surface area contributed by atoms with Crippen LogP contribution in [0.1, 0.15) is 32.8 Å². The summed E-state index contributed by atoms with van der Waals surface area (Å²) < 4.78 is 5.49. The molecule has 1 N–H and O–H groups in total. The Hall–Kier alpha value is -0.510. The minimum absolute atomic E-state index is 0.702. The first-order valence-corrected chi connectivity index (χ1v) is 8.21. The highest BCUT2D eigenvalue weighted by Crippen LogP contribution is 2.19. The maximum Gasteiger partial charge on any atom is 0.0560 e. The van der Waals surface area contributed by atoms with E-state index in [2.05, 4.69) is 50.4 Å². The fourth-order valence-corrected chi connectivity index (χ4v) is 2.56. The molecule has 1 aromatic carbocycles. The van der Waals surface area contributed by atoms with Gasteiger partial charge in [-0.1, -0.05) is 32.9 Å². The highest BCUT2D eigenvalue weighted by molar-refractivity contribution is 7.99. The summed E-state index contributed by atoms with van der Waals surface area (Å²) in [7, 11) is 0. The fourth-order valence-electron chi connectivity index (χ4n) is 1.72. The second-order valence-corrected chi connectivity index (χ2v) is 6.30. The van der Waals surface area contributed by atoms with E-state index >= 15 is 0 Å². The van der Waals surface area contributed by atoms with E-state index in [1.54, 1.807) is 0 Å². The van der Waals surface area contributed by atoms with E-state index in [4.69, 9.17) is 4.74 Å². The van der Waals surface area contributed by atoms with Crippen LogP contribution in [0.25, 0.3) is 0 Å². The van der Waals surface area contributed by atoms with Gasteiger partial charge >= 0.3 is 0 Å². The van der Waals surface area contributed by atoms with Crippen molar-refractivity contribution in [1.82, 2.24) is 5.32 Å². The molecule has 108 valence electrons. The van der Waals surface area contributed by atoms with Crippen LogP contribution in [0.4, 0.5) is 0 Å². The average molecular weight is 281 g/mol. The Kier molecular flexibility index (Phi) is 8.97. The van der Waals surface area contributed by atoms with E-state index in [0.29, 0.717) is 5.92 Å². The molecule has 3 heteroatoms. The molecule has 2 nitrogen and oxygen atoms in total. The lowest BCUT2D eigenvalue weighted by Crippen LogP contribution is -2.18. The summed E-state index contributed by atoms with van der Waals surface area (Å²) in [5.41, 5.74) is 1.36. The van der Waals surface area contributed by atoms with E-state index in [0.717, 1.165) is 38.5 Å². The quantitative estimate of drug-likeness (QED) is 0.518. The Bertz CT molecular complexity index is 341. The molecule has 0 radical (unpaired) electrons. The molecular formula is C16H27NOS. The number of ether oxygens (including phenoxy) is 1. The molecule has 0 fully saturated rings. The van der Waals surface area contributed by atoms with Crippen molar-refractivity contribution < 1.29 is 4.74 Å². The number of nitrogens with one attached hydrogen (secondary N) is 1.